The highest BCUT2D eigenvalue weighted by atomic mass is 35.5. The molecule has 0 unspecified atom stereocenters. The fourth-order valence-corrected chi connectivity index (χ4v) is 0.629. The van der Waals surface area contributed by atoms with Crippen LogP contribution in [-0.4, -0.2) is 0 Å². The van der Waals surface area contributed by atoms with Gasteiger partial charge in [-0.05, 0) is 24.3 Å². The molecule has 3 radical (unpaired) electrons. The van der Waals surface area contributed by atoms with Gasteiger partial charge in [0.1, 0.15) is 5.75 Å². The molecule has 0 aliphatic heterocycles. The first-order valence-corrected chi connectivity index (χ1v) is 2.80. The van der Waals surface area contributed by atoms with Gasteiger partial charge in [-0.3, -0.25) is 0 Å². The highest BCUT2D eigenvalue weighted by Gasteiger charge is 1.87. The second kappa shape index (κ2) is 2.74. The van der Waals surface area contributed by atoms with E-state index in [-0.39, 0.29) is 0 Å². The molecule has 0 aliphatic rings. The van der Waals surface area contributed by atoms with E-state index in [1.807, 2.05) is 0 Å². The molecule has 0 N–H and O–H groups in total. The Morgan fingerprint density at radius 3 is 2.22 bits per heavy atom. The molecule has 45 valence electrons. The predicted molar refractivity (Wildman–Crippen MR) is 35.3 cm³/mol. The Hall–Kier alpha value is -0.690. The third-order valence-electron chi connectivity index (χ3n) is 0.931. The molecule has 1 aromatic rings. The average molecular weight is 140 g/mol. The molecule has 1 nitrogen and oxygen atoms in total. The molecule has 0 atom stereocenters. The molecule has 1 rings (SSSR count). The van der Waals surface area contributed by atoms with Gasteiger partial charge in [0.05, 0.1) is 0 Å². The van der Waals surface area contributed by atoms with E-state index in [2.05, 4.69) is 4.74 Å². The minimum atomic E-state index is 0.499. The van der Waals surface area contributed by atoms with Gasteiger partial charge in [-0.2, -0.15) is 0 Å². The summed E-state index contributed by atoms with van der Waals surface area (Å²) < 4.78 is 4.16. The van der Waals surface area contributed by atoms with Crippen molar-refractivity contribution >= 4 is 11.6 Å². The van der Waals surface area contributed by atoms with E-state index in [9.17, 15) is 0 Å². The number of halogens is 1. The van der Waals surface area contributed by atoms with Crippen LogP contribution in [0.5, 0.6) is 5.75 Å². The van der Waals surface area contributed by atoms with Crippen molar-refractivity contribution < 1.29 is 4.74 Å². The summed E-state index contributed by atoms with van der Waals surface area (Å²) in [6, 6.07) is 6.61. The normalized spacial score (nSPS) is 9.11. The largest absolute Gasteiger partial charge is 0.473 e. The smallest absolute Gasteiger partial charge is 0.253 e. The summed E-state index contributed by atoms with van der Waals surface area (Å²) in [6.45, 7) is 0. The summed E-state index contributed by atoms with van der Waals surface area (Å²) in [6.07, 6.45) is 0. The van der Waals surface area contributed by atoms with Crippen molar-refractivity contribution in [3.8, 4) is 5.75 Å². The maximum Gasteiger partial charge on any atom is 0.253 e. The lowest BCUT2D eigenvalue weighted by Gasteiger charge is -1.94. The Bertz CT molecular complexity index is 181. The van der Waals surface area contributed by atoms with E-state index in [0.29, 0.717) is 10.8 Å². The quantitative estimate of drug-likeness (QED) is 0.580. The molecule has 2 heteroatoms. The van der Waals surface area contributed by atoms with E-state index in [0.717, 1.165) is 0 Å². The summed E-state index contributed by atoms with van der Waals surface area (Å²) >= 11 is 5.55. The molecule has 0 saturated carbocycles. The van der Waals surface area contributed by atoms with E-state index in [1.54, 1.807) is 24.3 Å². The lowest BCUT2D eigenvalue weighted by molar-refractivity contribution is 0.473. The summed E-state index contributed by atoms with van der Waals surface area (Å²) in [5, 5.41) is 0.649. The molecule has 0 aromatic heterocycles. The zero-order valence-electron chi connectivity index (χ0n) is 4.60. The van der Waals surface area contributed by atoms with E-state index < -0.39 is 0 Å². The monoisotopic (exact) mass is 139 g/mol. The molecule has 0 bridgehead atoms. The lowest BCUT2D eigenvalue weighted by atomic mass is 10.3. The van der Waals surface area contributed by atoms with Gasteiger partial charge in [0.25, 0.3) is 7.11 Å². The molecule has 1 aromatic carbocycles. The molecule has 0 spiro atoms. The topological polar surface area (TPSA) is 9.23 Å². The Morgan fingerprint density at radius 2 is 1.78 bits per heavy atom. The second-order valence-corrected chi connectivity index (χ2v) is 1.99. The van der Waals surface area contributed by atoms with Crippen molar-refractivity contribution in [2.45, 2.75) is 0 Å². The molecule has 0 saturated heterocycles. The number of ether oxygens (including phenoxy) is 1. The van der Waals surface area contributed by atoms with Crippen molar-refractivity contribution in [2.24, 2.45) is 0 Å². The van der Waals surface area contributed by atoms with E-state index in [1.165, 1.54) is 0 Å². The first kappa shape index (κ1) is 6.43. The third kappa shape index (κ3) is 1.61. The van der Waals surface area contributed by atoms with Crippen molar-refractivity contribution in [3.63, 3.8) is 0 Å². The second-order valence-electron chi connectivity index (χ2n) is 1.56. The van der Waals surface area contributed by atoms with Gasteiger partial charge in [0, 0.05) is 5.02 Å². The number of hydrogen-bond acceptors (Lipinski definition) is 1. The number of hydrogen-bond donors (Lipinski definition) is 0. The van der Waals surface area contributed by atoms with Crippen LogP contribution in [0.25, 0.3) is 0 Å². The third-order valence-corrected chi connectivity index (χ3v) is 1.18. The zero-order chi connectivity index (χ0) is 6.69. The minimum absolute atomic E-state index is 0.499. The maximum absolute atomic E-state index is 6.47. The van der Waals surface area contributed by atoms with Crippen LogP contribution in [0, 0.1) is 7.11 Å². The highest BCUT2D eigenvalue weighted by Crippen LogP contribution is 2.14. The van der Waals surface area contributed by atoms with Crippen LogP contribution in [0.2, 0.25) is 5.02 Å². The van der Waals surface area contributed by atoms with Gasteiger partial charge >= 0.3 is 0 Å². The van der Waals surface area contributed by atoms with Gasteiger partial charge in [-0.1, -0.05) is 11.6 Å². The molecule has 0 fully saturated rings. The summed E-state index contributed by atoms with van der Waals surface area (Å²) in [4.78, 5) is 0. The maximum atomic E-state index is 6.47. The van der Waals surface area contributed by atoms with Crippen LogP contribution in [0.4, 0.5) is 0 Å². The molecular formula is C7H4ClO. The zero-order valence-corrected chi connectivity index (χ0v) is 5.35. The minimum Gasteiger partial charge on any atom is -0.473 e. The summed E-state index contributed by atoms with van der Waals surface area (Å²) in [7, 11) is 6.47. The van der Waals surface area contributed by atoms with Crippen molar-refractivity contribution in [1.29, 1.82) is 0 Å². The standard InChI is InChI=1S/C7H4ClO/c1-9-7-4-2-6(8)3-5-7/h2-5H. The molecule has 0 aliphatic carbocycles. The average Bonchev–Trinajstić information content (AvgIpc) is 1.90. The van der Waals surface area contributed by atoms with E-state index >= 15 is 0 Å². The van der Waals surface area contributed by atoms with Crippen LogP contribution in [0.3, 0.4) is 0 Å². The number of rotatable bonds is 1. The molecule has 0 amide bonds. The van der Waals surface area contributed by atoms with Gasteiger partial charge in [-0.15, -0.1) is 0 Å². The fraction of sp³-hybridized carbons (Fsp3) is 0. The predicted octanol–water partition coefficient (Wildman–Crippen LogP) is 2.26. The first-order chi connectivity index (χ1) is 4.33. The van der Waals surface area contributed by atoms with Gasteiger partial charge < -0.3 is 4.74 Å². The van der Waals surface area contributed by atoms with Crippen LogP contribution in [0.15, 0.2) is 24.3 Å². The highest BCUT2D eigenvalue weighted by molar-refractivity contribution is 6.30. The van der Waals surface area contributed by atoms with Crippen LogP contribution >= 0.6 is 11.6 Å². The van der Waals surface area contributed by atoms with Gasteiger partial charge in [-0.25, -0.2) is 0 Å². The molecular weight excluding hydrogens is 136 g/mol. The Balaban J connectivity index is 2.88. The van der Waals surface area contributed by atoms with Crippen LogP contribution in [0.1, 0.15) is 0 Å². The van der Waals surface area contributed by atoms with Gasteiger partial charge in [0.15, 0.2) is 0 Å². The van der Waals surface area contributed by atoms with E-state index in [4.69, 9.17) is 18.7 Å². The Labute approximate surface area is 59.2 Å². The first-order valence-electron chi connectivity index (χ1n) is 2.42. The SMILES string of the molecule is [C]Oc1ccc(Cl)cc1. The fourth-order valence-electron chi connectivity index (χ4n) is 0.503. The Kier molecular flexibility index (Phi) is 1.96. The van der Waals surface area contributed by atoms with Crippen molar-refractivity contribution in [1.82, 2.24) is 0 Å². The Morgan fingerprint density at radius 1 is 1.22 bits per heavy atom. The van der Waals surface area contributed by atoms with Crippen LogP contribution < -0.4 is 4.74 Å². The molecule has 0 heterocycles. The number of benzene rings is 1. The van der Waals surface area contributed by atoms with Gasteiger partial charge in [0.2, 0.25) is 0 Å². The summed E-state index contributed by atoms with van der Waals surface area (Å²) in [5.74, 6) is 0.499. The summed E-state index contributed by atoms with van der Waals surface area (Å²) in [5.41, 5.74) is 0. The van der Waals surface area contributed by atoms with Crippen LogP contribution in [-0.2, 0) is 0 Å². The molecule has 9 heavy (non-hydrogen) atoms. The van der Waals surface area contributed by atoms with Crippen molar-refractivity contribution in [2.75, 3.05) is 0 Å². The van der Waals surface area contributed by atoms with Crippen molar-refractivity contribution in [3.05, 3.63) is 36.4 Å². The lowest BCUT2D eigenvalue weighted by Crippen LogP contribution is -1.75.